The van der Waals surface area contributed by atoms with Gasteiger partial charge in [0, 0.05) is 57.9 Å². The van der Waals surface area contributed by atoms with Crippen molar-refractivity contribution in [1.29, 1.82) is 0 Å². The zero-order chi connectivity index (χ0) is 21.6. The summed E-state index contributed by atoms with van der Waals surface area (Å²) in [6, 6.07) is 8.02. The number of ether oxygens (including phenoxy) is 1. The van der Waals surface area contributed by atoms with Crippen LogP contribution < -0.4 is 15.0 Å². The van der Waals surface area contributed by atoms with Gasteiger partial charge in [-0.05, 0) is 44.2 Å². The molecule has 0 bridgehead atoms. The van der Waals surface area contributed by atoms with E-state index in [0.717, 1.165) is 63.4 Å². The molecule has 1 amide bonds. The van der Waals surface area contributed by atoms with Gasteiger partial charge in [-0.2, -0.15) is 4.98 Å². The minimum absolute atomic E-state index is 0.0578. The molecule has 2 saturated heterocycles. The molecule has 1 aromatic heterocycles. The average Bonchev–Trinajstić information content (AvgIpc) is 3.31. The number of likely N-dealkylation sites (N-methyl/N-ethyl adjacent to an activating group) is 1. The summed E-state index contributed by atoms with van der Waals surface area (Å²) in [5.41, 5.74) is 0.867. The molecule has 1 aromatic carbocycles. The first-order valence-corrected chi connectivity index (χ1v) is 11.0. The number of amides is 1. The molecule has 0 radical (unpaired) electrons. The topological polar surface area (TPSA) is 87.0 Å². The van der Waals surface area contributed by atoms with Gasteiger partial charge in [-0.3, -0.25) is 9.69 Å². The Labute approximate surface area is 183 Å². The average molecular weight is 429 g/mol. The SMILES string of the molecule is COc1ccc(-c2noc(N3CCC[C@@H](C(=O)NCCN4CCN(C)CC4)C3)n2)cc1. The quantitative estimate of drug-likeness (QED) is 0.707. The van der Waals surface area contributed by atoms with Gasteiger partial charge in [0.15, 0.2) is 0 Å². The Balaban J connectivity index is 1.28. The van der Waals surface area contributed by atoms with Gasteiger partial charge in [0.2, 0.25) is 11.7 Å². The molecule has 0 aliphatic carbocycles. The summed E-state index contributed by atoms with van der Waals surface area (Å²) in [6.07, 6.45) is 1.81. The number of methoxy groups -OCH3 is 1. The van der Waals surface area contributed by atoms with E-state index in [1.807, 2.05) is 29.2 Å². The van der Waals surface area contributed by atoms with Crippen LogP contribution in [-0.2, 0) is 4.79 Å². The molecule has 2 aliphatic heterocycles. The maximum Gasteiger partial charge on any atom is 0.324 e. The van der Waals surface area contributed by atoms with Gasteiger partial charge in [-0.15, -0.1) is 0 Å². The third kappa shape index (κ3) is 5.54. The highest BCUT2D eigenvalue weighted by atomic mass is 16.5. The summed E-state index contributed by atoms with van der Waals surface area (Å²) in [5.74, 6) is 1.38. The fraction of sp³-hybridized carbons (Fsp3) is 0.591. The van der Waals surface area contributed by atoms with Crippen molar-refractivity contribution in [3.8, 4) is 17.1 Å². The molecule has 0 saturated carbocycles. The maximum absolute atomic E-state index is 12.7. The van der Waals surface area contributed by atoms with Crippen molar-refractivity contribution < 1.29 is 14.1 Å². The Bertz CT molecular complexity index is 847. The van der Waals surface area contributed by atoms with Gasteiger partial charge in [-0.1, -0.05) is 5.16 Å². The van der Waals surface area contributed by atoms with Crippen LogP contribution in [0.25, 0.3) is 11.4 Å². The van der Waals surface area contributed by atoms with Crippen molar-refractivity contribution in [2.45, 2.75) is 12.8 Å². The van der Waals surface area contributed by atoms with Gasteiger partial charge >= 0.3 is 6.01 Å². The first-order valence-electron chi connectivity index (χ1n) is 11.0. The van der Waals surface area contributed by atoms with Crippen LogP contribution in [0.3, 0.4) is 0 Å². The lowest BCUT2D eigenvalue weighted by atomic mass is 9.97. The molecule has 168 valence electrons. The Hall–Kier alpha value is -2.65. The van der Waals surface area contributed by atoms with Crippen LogP contribution in [0.1, 0.15) is 12.8 Å². The highest BCUT2D eigenvalue weighted by Crippen LogP contribution is 2.25. The second-order valence-corrected chi connectivity index (χ2v) is 8.35. The zero-order valence-corrected chi connectivity index (χ0v) is 18.4. The molecule has 1 atom stereocenters. The number of piperazine rings is 1. The zero-order valence-electron chi connectivity index (χ0n) is 18.4. The van der Waals surface area contributed by atoms with Crippen LogP contribution in [-0.4, -0.2) is 92.4 Å². The fourth-order valence-electron chi connectivity index (χ4n) is 4.12. The van der Waals surface area contributed by atoms with Crippen LogP contribution in [0.4, 0.5) is 6.01 Å². The van der Waals surface area contributed by atoms with E-state index >= 15 is 0 Å². The maximum atomic E-state index is 12.7. The van der Waals surface area contributed by atoms with Crippen molar-refractivity contribution in [2.75, 3.05) is 71.4 Å². The van der Waals surface area contributed by atoms with E-state index < -0.39 is 0 Å². The molecule has 2 aliphatic rings. The third-order valence-electron chi connectivity index (χ3n) is 6.15. The highest BCUT2D eigenvalue weighted by Gasteiger charge is 2.28. The van der Waals surface area contributed by atoms with Crippen molar-refractivity contribution in [1.82, 2.24) is 25.3 Å². The number of nitrogens with zero attached hydrogens (tertiary/aromatic N) is 5. The number of carbonyl (C=O) groups is 1. The number of rotatable bonds is 7. The molecule has 2 fully saturated rings. The molecule has 4 rings (SSSR count). The Morgan fingerprint density at radius 1 is 1.19 bits per heavy atom. The number of hydrogen-bond donors (Lipinski definition) is 1. The van der Waals surface area contributed by atoms with E-state index in [1.165, 1.54) is 0 Å². The number of aromatic nitrogens is 2. The van der Waals surface area contributed by atoms with E-state index in [0.29, 0.717) is 24.9 Å². The predicted molar refractivity (Wildman–Crippen MR) is 118 cm³/mol. The van der Waals surface area contributed by atoms with Crippen molar-refractivity contribution in [2.24, 2.45) is 5.92 Å². The first kappa shape index (κ1) is 21.6. The monoisotopic (exact) mass is 428 g/mol. The largest absolute Gasteiger partial charge is 0.497 e. The van der Waals surface area contributed by atoms with Crippen molar-refractivity contribution in [3.63, 3.8) is 0 Å². The van der Waals surface area contributed by atoms with Gasteiger partial charge in [0.05, 0.1) is 13.0 Å². The van der Waals surface area contributed by atoms with Crippen LogP contribution >= 0.6 is 0 Å². The summed E-state index contributed by atoms with van der Waals surface area (Å²) < 4.78 is 10.7. The fourth-order valence-corrected chi connectivity index (χ4v) is 4.12. The van der Waals surface area contributed by atoms with E-state index in [9.17, 15) is 4.79 Å². The summed E-state index contributed by atoms with van der Waals surface area (Å²) in [4.78, 5) is 24.0. The molecule has 1 N–H and O–H groups in total. The van der Waals surface area contributed by atoms with Gasteiger partial charge < -0.3 is 24.4 Å². The van der Waals surface area contributed by atoms with Crippen LogP contribution in [0.2, 0.25) is 0 Å². The predicted octanol–water partition coefficient (Wildman–Crippen LogP) is 1.33. The van der Waals surface area contributed by atoms with Gasteiger partial charge in [-0.25, -0.2) is 0 Å². The van der Waals surface area contributed by atoms with Crippen LogP contribution in [0, 0.1) is 5.92 Å². The molecule has 31 heavy (non-hydrogen) atoms. The lowest BCUT2D eigenvalue weighted by Gasteiger charge is -2.33. The number of hydrogen-bond acceptors (Lipinski definition) is 8. The van der Waals surface area contributed by atoms with E-state index in [-0.39, 0.29) is 11.8 Å². The second kappa shape index (κ2) is 10.1. The van der Waals surface area contributed by atoms with Gasteiger partial charge in [0.25, 0.3) is 0 Å². The molecular formula is C22H32N6O3. The summed E-state index contributed by atoms with van der Waals surface area (Å²) in [7, 11) is 3.79. The normalized spacial score (nSPS) is 20.6. The minimum atomic E-state index is -0.0578. The van der Waals surface area contributed by atoms with Crippen LogP contribution in [0.5, 0.6) is 5.75 Å². The molecule has 3 heterocycles. The number of nitrogens with one attached hydrogen (secondary N) is 1. The van der Waals surface area contributed by atoms with E-state index in [4.69, 9.17) is 9.26 Å². The lowest BCUT2D eigenvalue weighted by molar-refractivity contribution is -0.125. The molecule has 9 nitrogen and oxygen atoms in total. The number of benzene rings is 1. The Morgan fingerprint density at radius 2 is 1.97 bits per heavy atom. The van der Waals surface area contributed by atoms with Crippen LogP contribution in [0.15, 0.2) is 28.8 Å². The van der Waals surface area contributed by atoms with Crippen molar-refractivity contribution >= 4 is 11.9 Å². The number of piperidine rings is 1. The standard InChI is InChI=1S/C22H32N6O3/c1-26-12-14-27(15-13-26)11-9-23-21(29)18-4-3-10-28(16-18)22-24-20(25-31-22)17-5-7-19(30-2)8-6-17/h5-8,18H,3-4,9-16H2,1-2H3,(H,23,29)/t18-/m1/s1. The highest BCUT2D eigenvalue weighted by molar-refractivity contribution is 5.79. The lowest BCUT2D eigenvalue weighted by Crippen LogP contribution is -2.48. The Morgan fingerprint density at radius 3 is 2.71 bits per heavy atom. The minimum Gasteiger partial charge on any atom is -0.497 e. The molecule has 0 unspecified atom stereocenters. The second-order valence-electron chi connectivity index (χ2n) is 8.35. The summed E-state index contributed by atoms with van der Waals surface area (Å²) in [5, 5.41) is 7.24. The first-order chi connectivity index (χ1) is 15.1. The van der Waals surface area contributed by atoms with Crippen molar-refractivity contribution in [3.05, 3.63) is 24.3 Å². The Kier molecular flexibility index (Phi) is 7.03. The third-order valence-corrected chi connectivity index (χ3v) is 6.15. The smallest absolute Gasteiger partial charge is 0.324 e. The number of anilines is 1. The molecule has 0 spiro atoms. The molecular weight excluding hydrogens is 396 g/mol. The summed E-state index contributed by atoms with van der Waals surface area (Å²) >= 11 is 0. The molecule has 2 aromatic rings. The summed E-state index contributed by atoms with van der Waals surface area (Å²) in [6.45, 7) is 7.34. The number of carbonyl (C=O) groups excluding carboxylic acids is 1. The van der Waals surface area contributed by atoms with Gasteiger partial charge in [0.1, 0.15) is 5.75 Å². The van der Waals surface area contributed by atoms with E-state index in [2.05, 4.69) is 32.3 Å². The molecule has 9 heteroatoms. The van der Waals surface area contributed by atoms with E-state index in [1.54, 1.807) is 7.11 Å².